The van der Waals surface area contributed by atoms with E-state index in [4.69, 9.17) is 5.11 Å². The summed E-state index contributed by atoms with van der Waals surface area (Å²) >= 11 is 0. The normalized spacial score (nSPS) is 14.6. The van der Waals surface area contributed by atoms with E-state index in [0.717, 1.165) is 5.56 Å². The van der Waals surface area contributed by atoms with Gasteiger partial charge in [0, 0.05) is 5.92 Å². The third kappa shape index (κ3) is 3.32. The SMILES string of the molecule is CC(c1ccc(F)cc1)C(O)CC(=O)O. The zero-order valence-corrected chi connectivity index (χ0v) is 8.35. The standard InChI is InChI=1S/C11H13FO3/c1-7(10(13)6-11(14)15)8-2-4-9(12)5-3-8/h2-5,7,10,13H,6H2,1H3,(H,14,15). The van der Waals surface area contributed by atoms with Gasteiger partial charge in [-0.25, -0.2) is 4.39 Å². The van der Waals surface area contributed by atoms with Crippen LogP contribution in [0.5, 0.6) is 0 Å². The molecule has 2 unspecified atom stereocenters. The van der Waals surface area contributed by atoms with Crippen molar-refractivity contribution in [1.29, 1.82) is 0 Å². The fraction of sp³-hybridized carbons (Fsp3) is 0.364. The molecule has 0 saturated carbocycles. The molecule has 0 aliphatic rings. The molecule has 82 valence electrons. The van der Waals surface area contributed by atoms with E-state index in [0.29, 0.717) is 0 Å². The zero-order chi connectivity index (χ0) is 11.4. The maximum Gasteiger partial charge on any atom is 0.305 e. The first-order valence-electron chi connectivity index (χ1n) is 4.66. The molecule has 1 aromatic carbocycles. The van der Waals surface area contributed by atoms with Crippen LogP contribution in [0.2, 0.25) is 0 Å². The molecule has 1 rings (SSSR count). The van der Waals surface area contributed by atoms with Crippen LogP contribution in [0.25, 0.3) is 0 Å². The van der Waals surface area contributed by atoms with Gasteiger partial charge in [0.2, 0.25) is 0 Å². The van der Waals surface area contributed by atoms with Gasteiger partial charge in [0.15, 0.2) is 0 Å². The number of aliphatic carboxylic acids is 1. The topological polar surface area (TPSA) is 57.5 Å². The first-order chi connectivity index (χ1) is 7.00. The van der Waals surface area contributed by atoms with Crippen LogP contribution in [0.3, 0.4) is 0 Å². The van der Waals surface area contributed by atoms with Crippen LogP contribution < -0.4 is 0 Å². The lowest BCUT2D eigenvalue weighted by Crippen LogP contribution is -2.19. The molecule has 2 atom stereocenters. The number of carboxylic acid groups (broad SMARTS) is 1. The highest BCUT2D eigenvalue weighted by Gasteiger charge is 2.18. The van der Waals surface area contributed by atoms with Gasteiger partial charge in [0.05, 0.1) is 12.5 Å². The smallest absolute Gasteiger partial charge is 0.305 e. The summed E-state index contributed by atoms with van der Waals surface area (Å²) in [5.41, 5.74) is 0.727. The fourth-order valence-electron chi connectivity index (χ4n) is 1.34. The minimum Gasteiger partial charge on any atom is -0.481 e. The van der Waals surface area contributed by atoms with Crippen molar-refractivity contribution in [1.82, 2.24) is 0 Å². The van der Waals surface area contributed by atoms with Gasteiger partial charge in [-0.05, 0) is 17.7 Å². The third-order valence-electron chi connectivity index (χ3n) is 2.36. The third-order valence-corrected chi connectivity index (χ3v) is 2.36. The van der Waals surface area contributed by atoms with E-state index in [2.05, 4.69) is 0 Å². The van der Waals surface area contributed by atoms with E-state index in [9.17, 15) is 14.3 Å². The molecule has 0 aliphatic carbocycles. The van der Waals surface area contributed by atoms with E-state index in [1.165, 1.54) is 12.1 Å². The summed E-state index contributed by atoms with van der Waals surface area (Å²) in [5, 5.41) is 18.0. The lowest BCUT2D eigenvalue weighted by molar-refractivity contribution is -0.139. The molecule has 0 aliphatic heterocycles. The van der Waals surface area contributed by atoms with Crippen LogP contribution >= 0.6 is 0 Å². The summed E-state index contributed by atoms with van der Waals surface area (Å²) in [7, 11) is 0. The molecule has 0 heterocycles. The highest BCUT2D eigenvalue weighted by molar-refractivity contribution is 5.67. The number of aliphatic hydroxyl groups excluding tert-OH is 1. The van der Waals surface area contributed by atoms with E-state index in [1.54, 1.807) is 19.1 Å². The van der Waals surface area contributed by atoms with E-state index < -0.39 is 12.1 Å². The Hall–Kier alpha value is -1.42. The fourth-order valence-corrected chi connectivity index (χ4v) is 1.34. The minimum atomic E-state index is -1.04. The predicted molar refractivity (Wildman–Crippen MR) is 53.1 cm³/mol. The number of hydrogen-bond donors (Lipinski definition) is 2. The Morgan fingerprint density at radius 2 is 1.93 bits per heavy atom. The monoisotopic (exact) mass is 212 g/mol. The van der Waals surface area contributed by atoms with Crippen LogP contribution in [0.15, 0.2) is 24.3 Å². The minimum absolute atomic E-state index is 0.307. The second kappa shape index (κ2) is 4.89. The first kappa shape index (κ1) is 11.7. The Labute approximate surface area is 87.2 Å². The maximum absolute atomic E-state index is 12.6. The van der Waals surface area contributed by atoms with Crippen molar-refractivity contribution >= 4 is 5.97 Å². The largest absolute Gasteiger partial charge is 0.481 e. The molecule has 0 spiro atoms. The Balaban J connectivity index is 2.71. The van der Waals surface area contributed by atoms with E-state index in [-0.39, 0.29) is 18.2 Å². The molecular formula is C11H13FO3. The summed E-state index contributed by atoms with van der Waals surface area (Å²) in [6, 6.07) is 5.68. The summed E-state index contributed by atoms with van der Waals surface area (Å²) < 4.78 is 12.6. The Morgan fingerprint density at radius 3 is 2.40 bits per heavy atom. The molecule has 0 fully saturated rings. The molecule has 1 aromatic rings. The van der Waals surface area contributed by atoms with Crippen molar-refractivity contribution in [2.45, 2.75) is 25.4 Å². The van der Waals surface area contributed by atoms with Gasteiger partial charge in [-0.1, -0.05) is 19.1 Å². The number of rotatable bonds is 4. The van der Waals surface area contributed by atoms with Crippen LogP contribution in [-0.2, 0) is 4.79 Å². The molecule has 0 saturated heterocycles. The van der Waals surface area contributed by atoms with Crippen molar-refractivity contribution in [2.24, 2.45) is 0 Å². The van der Waals surface area contributed by atoms with Gasteiger partial charge < -0.3 is 10.2 Å². The molecule has 0 aromatic heterocycles. The van der Waals surface area contributed by atoms with Crippen molar-refractivity contribution < 1.29 is 19.4 Å². The number of halogens is 1. The summed E-state index contributed by atoms with van der Waals surface area (Å²) in [4.78, 5) is 10.4. The van der Waals surface area contributed by atoms with Crippen LogP contribution in [0.1, 0.15) is 24.8 Å². The predicted octanol–water partition coefficient (Wildman–Crippen LogP) is 1.76. The molecule has 0 amide bonds. The number of aliphatic hydroxyl groups is 1. The molecule has 3 nitrogen and oxygen atoms in total. The zero-order valence-electron chi connectivity index (χ0n) is 8.35. The van der Waals surface area contributed by atoms with Crippen molar-refractivity contribution in [3.8, 4) is 0 Å². The summed E-state index contributed by atoms with van der Waals surface area (Å²) in [5.74, 6) is -1.71. The lowest BCUT2D eigenvalue weighted by Gasteiger charge is -2.17. The summed E-state index contributed by atoms with van der Waals surface area (Å²) in [6.45, 7) is 1.71. The lowest BCUT2D eigenvalue weighted by atomic mass is 9.93. The van der Waals surface area contributed by atoms with E-state index in [1.807, 2.05) is 0 Å². The average molecular weight is 212 g/mol. The Morgan fingerprint density at radius 1 is 1.40 bits per heavy atom. The average Bonchev–Trinajstić information content (AvgIpc) is 2.17. The van der Waals surface area contributed by atoms with Crippen molar-refractivity contribution in [2.75, 3.05) is 0 Å². The van der Waals surface area contributed by atoms with Crippen molar-refractivity contribution in [3.63, 3.8) is 0 Å². The second-order valence-electron chi connectivity index (χ2n) is 3.51. The molecule has 15 heavy (non-hydrogen) atoms. The molecule has 0 bridgehead atoms. The second-order valence-corrected chi connectivity index (χ2v) is 3.51. The van der Waals surface area contributed by atoms with Gasteiger partial charge in [0.25, 0.3) is 0 Å². The molecular weight excluding hydrogens is 199 g/mol. The van der Waals surface area contributed by atoms with Gasteiger partial charge in [-0.15, -0.1) is 0 Å². The quantitative estimate of drug-likeness (QED) is 0.799. The van der Waals surface area contributed by atoms with Gasteiger partial charge in [0.1, 0.15) is 5.82 Å². The molecule has 4 heteroatoms. The number of hydrogen-bond acceptors (Lipinski definition) is 2. The first-order valence-corrected chi connectivity index (χ1v) is 4.66. The van der Waals surface area contributed by atoms with Crippen LogP contribution in [-0.4, -0.2) is 22.3 Å². The summed E-state index contributed by atoms with van der Waals surface area (Å²) in [6.07, 6.45) is -1.26. The highest BCUT2D eigenvalue weighted by Crippen LogP contribution is 2.21. The maximum atomic E-state index is 12.6. The molecule has 0 radical (unpaired) electrons. The Bertz CT molecular complexity index is 334. The molecule has 2 N–H and O–H groups in total. The van der Waals surface area contributed by atoms with E-state index >= 15 is 0 Å². The van der Waals surface area contributed by atoms with Crippen LogP contribution in [0, 0.1) is 5.82 Å². The van der Waals surface area contributed by atoms with Gasteiger partial charge >= 0.3 is 5.97 Å². The van der Waals surface area contributed by atoms with Crippen LogP contribution in [0.4, 0.5) is 4.39 Å². The number of benzene rings is 1. The van der Waals surface area contributed by atoms with Gasteiger partial charge in [-0.2, -0.15) is 0 Å². The Kier molecular flexibility index (Phi) is 3.80. The number of carbonyl (C=O) groups is 1. The number of carboxylic acids is 1. The van der Waals surface area contributed by atoms with Crippen molar-refractivity contribution in [3.05, 3.63) is 35.6 Å². The van der Waals surface area contributed by atoms with Gasteiger partial charge in [-0.3, -0.25) is 4.79 Å². The highest BCUT2D eigenvalue weighted by atomic mass is 19.1.